The number of esters is 2. The minimum absolute atomic E-state index is 0.180. The Balaban J connectivity index is 0.980. The van der Waals surface area contributed by atoms with Gasteiger partial charge in [-0.25, -0.2) is 9.59 Å². The molecule has 0 atom stereocenters. The number of unbranched alkanes of at least 4 members (excludes halogenated alkanes) is 3. The second-order valence-electron chi connectivity index (χ2n) is 16.0. The van der Waals surface area contributed by atoms with Crippen molar-refractivity contribution in [1.82, 2.24) is 0 Å². The van der Waals surface area contributed by atoms with Gasteiger partial charge in [-0.2, -0.15) is 5.10 Å². The molecule has 5 aromatic carbocycles. The number of benzene rings is 5. The molecule has 1 heterocycles. The molecule has 1 aliphatic heterocycles. The van der Waals surface area contributed by atoms with Crippen molar-refractivity contribution < 1.29 is 33.3 Å². The van der Waals surface area contributed by atoms with E-state index < -0.39 is 5.97 Å². The van der Waals surface area contributed by atoms with Crippen molar-refractivity contribution in [1.29, 1.82) is 0 Å². The van der Waals surface area contributed by atoms with Gasteiger partial charge < -0.3 is 23.7 Å². The number of hydrogen-bond acceptors (Lipinski definition) is 9. The molecule has 0 spiro atoms. The monoisotopic (exact) mass is 820 g/mol. The molecule has 1 aliphatic carbocycles. The fraction of sp³-hybridized carbons (Fsp3) is 0.346. The van der Waals surface area contributed by atoms with Crippen LogP contribution in [0.5, 0.6) is 11.5 Å². The van der Waals surface area contributed by atoms with Crippen molar-refractivity contribution in [2.75, 3.05) is 39.6 Å². The van der Waals surface area contributed by atoms with E-state index in [1.54, 1.807) is 24.4 Å². The number of hydrogen-bond donors (Lipinski definition) is 0. The summed E-state index contributed by atoms with van der Waals surface area (Å²) < 4.78 is 29.0. The van der Waals surface area contributed by atoms with Gasteiger partial charge in [0.15, 0.2) is 0 Å². The molecule has 9 nitrogen and oxygen atoms in total. The van der Waals surface area contributed by atoms with Gasteiger partial charge in [-0.15, -0.1) is 5.10 Å². The SMILES string of the molecule is CCCc1ccc(C(=O)OCCc2ccc(OC(=O)c3ccc(OCCCCCCOCC4(CC)COC4)c(C)c3)c(/C=N/N=C3c4ccccc4-c4ccccc43)c2)cc1. The van der Waals surface area contributed by atoms with Crippen molar-refractivity contribution in [3.63, 3.8) is 0 Å². The standard InChI is InChI=1S/C52H56N2O7/c1-4-14-38-19-22-40(23-20-38)50(55)60-30-27-39-21-25-48(42(32-39)33-53-54-49-45-17-10-8-15-43(45)44-16-9-11-18-46(44)49)61-51(56)41-24-26-47(37(3)31-41)59-29-13-7-6-12-28-57-34-52(5-2)35-58-36-52/h8-11,15-26,31-33H,4-7,12-14,27-30,34-36H2,1-3H3/b53-33+. The van der Waals surface area contributed by atoms with Crippen molar-refractivity contribution in [2.24, 2.45) is 15.6 Å². The van der Waals surface area contributed by atoms with Gasteiger partial charge in [0.1, 0.15) is 17.2 Å². The Kier molecular flexibility index (Phi) is 14.9. The zero-order valence-electron chi connectivity index (χ0n) is 35.6. The lowest BCUT2D eigenvalue weighted by Crippen LogP contribution is -2.45. The first kappa shape index (κ1) is 43.2. The van der Waals surface area contributed by atoms with E-state index in [-0.39, 0.29) is 18.0 Å². The fourth-order valence-corrected chi connectivity index (χ4v) is 7.65. The fourth-order valence-electron chi connectivity index (χ4n) is 7.65. The Hall–Kier alpha value is -5.90. The molecule has 5 aromatic rings. The van der Waals surface area contributed by atoms with E-state index in [1.165, 1.54) is 5.56 Å². The first-order chi connectivity index (χ1) is 29.9. The molecule has 7 rings (SSSR count). The number of carbonyl (C=O) groups is 2. The molecular formula is C52H56N2O7. The quantitative estimate of drug-likeness (QED) is 0.0234. The molecule has 0 amide bonds. The number of fused-ring (bicyclic) bond motifs is 3. The molecule has 0 unspecified atom stereocenters. The molecule has 9 heteroatoms. The van der Waals surface area contributed by atoms with Crippen LogP contribution in [0.4, 0.5) is 0 Å². The highest BCUT2D eigenvalue weighted by Gasteiger charge is 2.36. The lowest BCUT2D eigenvalue weighted by molar-refractivity contribution is -0.150. The van der Waals surface area contributed by atoms with Crippen LogP contribution in [0.15, 0.2) is 119 Å². The summed E-state index contributed by atoms with van der Waals surface area (Å²) >= 11 is 0. The van der Waals surface area contributed by atoms with E-state index in [0.29, 0.717) is 35.5 Å². The average Bonchev–Trinajstić information content (AvgIpc) is 3.58. The molecule has 316 valence electrons. The van der Waals surface area contributed by atoms with Gasteiger partial charge in [0.05, 0.1) is 50.4 Å². The van der Waals surface area contributed by atoms with E-state index in [1.807, 2.05) is 85.8 Å². The van der Waals surface area contributed by atoms with Crippen LogP contribution in [0.1, 0.15) is 106 Å². The summed E-state index contributed by atoms with van der Waals surface area (Å²) in [4.78, 5) is 26.4. The van der Waals surface area contributed by atoms with Gasteiger partial charge in [0.25, 0.3) is 0 Å². The molecule has 0 bridgehead atoms. The zero-order chi connectivity index (χ0) is 42.4. The number of ether oxygens (including phenoxy) is 5. The molecule has 2 aliphatic rings. The van der Waals surface area contributed by atoms with Crippen molar-refractivity contribution >= 4 is 23.9 Å². The number of aryl methyl sites for hydroxylation is 2. The van der Waals surface area contributed by atoms with E-state index in [0.717, 1.165) is 116 Å². The minimum atomic E-state index is -0.502. The van der Waals surface area contributed by atoms with Crippen LogP contribution in [0, 0.1) is 12.3 Å². The largest absolute Gasteiger partial charge is 0.493 e. The number of carbonyl (C=O) groups excluding carboxylic acids is 2. The lowest BCUT2D eigenvalue weighted by Gasteiger charge is -2.40. The lowest BCUT2D eigenvalue weighted by atomic mass is 9.84. The average molecular weight is 821 g/mol. The maximum Gasteiger partial charge on any atom is 0.343 e. The van der Waals surface area contributed by atoms with Crippen LogP contribution in [0.25, 0.3) is 11.1 Å². The summed E-state index contributed by atoms with van der Waals surface area (Å²) in [5, 5.41) is 9.22. The Morgan fingerprint density at radius 2 is 1.34 bits per heavy atom. The van der Waals surface area contributed by atoms with E-state index in [4.69, 9.17) is 23.7 Å². The van der Waals surface area contributed by atoms with Gasteiger partial charge in [-0.05, 0) is 109 Å². The summed E-state index contributed by atoms with van der Waals surface area (Å²) in [6, 6.07) is 34.7. The van der Waals surface area contributed by atoms with E-state index in [2.05, 4.69) is 36.2 Å². The van der Waals surface area contributed by atoms with Crippen LogP contribution in [0.3, 0.4) is 0 Å². The summed E-state index contributed by atoms with van der Waals surface area (Å²) in [5.74, 6) is 0.206. The van der Waals surface area contributed by atoms with Gasteiger partial charge in [-0.1, -0.05) is 93.4 Å². The summed E-state index contributed by atoms with van der Waals surface area (Å²) in [6.07, 6.45) is 9.29. The molecule has 0 N–H and O–H groups in total. The van der Waals surface area contributed by atoms with Gasteiger partial charge in [0, 0.05) is 35.1 Å². The molecule has 0 saturated carbocycles. The third-order valence-corrected chi connectivity index (χ3v) is 11.5. The zero-order valence-corrected chi connectivity index (χ0v) is 35.6. The van der Waals surface area contributed by atoms with E-state index in [9.17, 15) is 9.59 Å². The first-order valence-electron chi connectivity index (χ1n) is 21.7. The van der Waals surface area contributed by atoms with E-state index >= 15 is 0 Å². The topological polar surface area (TPSA) is 105 Å². The first-order valence-corrected chi connectivity index (χ1v) is 21.7. The maximum atomic E-state index is 13.6. The molecule has 1 saturated heterocycles. The van der Waals surface area contributed by atoms with Gasteiger partial charge in [-0.3, -0.25) is 0 Å². The molecule has 0 radical (unpaired) electrons. The van der Waals surface area contributed by atoms with Crippen molar-refractivity contribution in [3.05, 3.63) is 154 Å². The third kappa shape index (κ3) is 11.1. The molecule has 61 heavy (non-hydrogen) atoms. The molecule has 1 fully saturated rings. The van der Waals surface area contributed by atoms with Gasteiger partial charge >= 0.3 is 11.9 Å². The third-order valence-electron chi connectivity index (χ3n) is 11.5. The van der Waals surface area contributed by atoms with Crippen LogP contribution >= 0.6 is 0 Å². The maximum absolute atomic E-state index is 13.6. The minimum Gasteiger partial charge on any atom is -0.493 e. The Bertz CT molecular complexity index is 2290. The molecular weight excluding hydrogens is 765 g/mol. The van der Waals surface area contributed by atoms with Crippen LogP contribution in [0.2, 0.25) is 0 Å². The number of rotatable bonds is 21. The van der Waals surface area contributed by atoms with Crippen LogP contribution < -0.4 is 9.47 Å². The summed E-state index contributed by atoms with van der Waals surface area (Å²) in [6.45, 7) is 10.2. The predicted molar refractivity (Wildman–Crippen MR) is 240 cm³/mol. The van der Waals surface area contributed by atoms with Crippen LogP contribution in [-0.2, 0) is 27.1 Å². The van der Waals surface area contributed by atoms with Gasteiger partial charge in [0.2, 0.25) is 0 Å². The Morgan fingerprint density at radius 3 is 2.00 bits per heavy atom. The molecule has 0 aromatic heterocycles. The predicted octanol–water partition coefficient (Wildman–Crippen LogP) is 10.8. The van der Waals surface area contributed by atoms with Crippen LogP contribution in [-0.4, -0.2) is 63.5 Å². The smallest absolute Gasteiger partial charge is 0.343 e. The Morgan fingerprint density at radius 1 is 0.689 bits per heavy atom. The summed E-state index contributed by atoms with van der Waals surface area (Å²) in [5.41, 5.74) is 9.65. The highest BCUT2D eigenvalue weighted by molar-refractivity contribution is 6.24. The normalized spacial score (nSPS) is 13.7. The highest BCUT2D eigenvalue weighted by Crippen LogP contribution is 2.37. The highest BCUT2D eigenvalue weighted by atomic mass is 16.5. The summed E-state index contributed by atoms with van der Waals surface area (Å²) in [7, 11) is 0. The van der Waals surface area contributed by atoms with Crippen molar-refractivity contribution in [3.8, 4) is 22.6 Å². The second kappa shape index (κ2) is 21.1. The number of nitrogens with zero attached hydrogens (tertiary/aromatic N) is 2. The Labute approximate surface area is 359 Å². The van der Waals surface area contributed by atoms with Crippen molar-refractivity contribution in [2.45, 2.75) is 72.1 Å². The second-order valence-corrected chi connectivity index (χ2v) is 16.0.